The van der Waals surface area contributed by atoms with E-state index in [0.717, 1.165) is 30.8 Å². The predicted molar refractivity (Wildman–Crippen MR) is 85.9 cm³/mol. The summed E-state index contributed by atoms with van der Waals surface area (Å²) in [5.74, 6) is 1.90. The lowest BCUT2D eigenvalue weighted by atomic mass is 9.82. The van der Waals surface area contributed by atoms with Gasteiger partial charge in [-0.1, -0.05) is 45.4 Å². The summed E-state index contributed by atoms with van der Waals surface area (Å²) in [5.41, 5.74) is 1.77. The van der Waals surface area contributed by atoms with Crippen LogP contribution >= 0.6 is 0 Å². The first-order valence-electron chi connectivity index (χ1n) is 7.72. The summed E-state index contributed by atoms with van der Waals surface area (Å²) in [7, 11) is 0. The SMILES string of the molecule is CCCC(C)(C)Cc1ccc(OC2=CCCC=C2)cc1. The molecule has 1 heteroatoms. The monoisotopic (exact) mass is 270 g/mol. The maximum Gasteiger partial charge on any atom is 0.127 e. The molecule has 0 N–H and O–H groups in total. The van der Waals surface area contributed by atoms with E-state index in [0.29, 0.717) is 5.41 Å². The molecule has 0 spiro atoms. The Morgan fingerprint density at radius 3 is 2.45 bits per heavy atom. The molecule has 0 radical (unpaired) electrons. The Morgan fingerprint density at radius 2 is 1.85 bits per heavy atom. The van der Waals surface area contributed by atoms with Crippen LogP contribution in [0, 0.1) is 5.41 Å². The molecule has 108 valence electrons. The van der Waals surface area contributed by atoms with Crippen molar-refractivity contribution in [2.45, 2.75) is 52.9 Å². The number of rotatable bonds is 6. The van der Waals surface area contributed by atoms with Gasteiger partial charge in [-0.3, -0.25) is 0 Å². The molecule has 0 fully saturated rings. The van der Waals surface area contributed by atoms with Crippen LogP contribution in [0.15, 0.2) is 48.3 Å². The zero-order chi connectivity index (χ0) is 14.4. The van der Waals surface area contributed by atoms with Crippen LogP contribution < -0.4 is 4.74 Å². The molecule has 1 aliphatic rings. The zero-order valence-corrected chi connectivity index (χ0v) is 13.0. The number of allylic oxidation sites excluding steroid dienone is 3. The van der Waals surface area contributed by atoms with E-state index in [4.69, 9.17) is 4.74 Å². The Hall–Kier alpha value is -1.50. The van der Waals surface area contributed by atoms with Gasteiger partial charge in [-0.15, -0.1) is 0 Å². The molecule has 1 aromatic rings. The third-order valence-corrected chi connectivity index (χ3v) is 3.73. The Labute approximate surface area is 123 Å². The predicted octanol–water partition coefficient (Wildman–Crippen LogP) is 5.67. The fraction of sp³-hybridized carbons (Fsp3) is 0.474. The number of hydrogen-bond acceptors (Lipinski definition) is 1. The van der Waals surface area contributed by atoms with Gasteiger partial charge in [0.05, 0.1) is 0 Å². The van der Waals surface area contributed by atoms with Crippen molar-refractivity contribution in [3.63, 3.8) is 0 Å². The lowest BCUT2D eigenvalue weighted by Gasteiger charge is -2.24. The molecule has 0 aliphatic heterocycles. The summed E-state index contributed by atoms with van der Waals surface area (Å²) < 4.78 is 5.86. The summed E-state index contributed by atoms with van der Waals surface area (Å²) in [6, 6.07) is 8.56. The summed E-state index contributed by atoms with van der Waals surface area (Å²) in [6.07, 6.45) is 12.2. The maximum atomic E-state index is 5.86. The Bertz CT molecular complexity index is 477. The van der Waals surface area contributed by atoms with Crippen molar-refractivity contribution in [2.75, 3.05) is 0 Å². The quantitative estimate of drug-likeness (QED) is 0.647. The fourth-order valence-electron chi connectivity index (χ4n) is 2.79. The lowest BCUT2D eigenvalue weighted by molar-refractivity contribution is 0.329. The van der Waals surface area contributed by atoms with Gasteiger partial charge in [-0.2, -0.15) is 0 Å². The largest absolute Gasteiger partial charge is 0.458 e. The molecule has 0 saturated carbocycles. The average molecular weight is 270 g/mol. The number of ether oxygens (including phenoxy) is 1. The molecule has 0 saturated heterocycles. The molecule has 1 nitrogen and oxygen atoms in total. The first-order chi connectivity index (χ1) is 9.59. The van der Waals surface area contributed by atoms with E-state index in [9.17, 15) is 0 Å². The third kappa shape index (κ3) is 4.56. The molecular weight excluding hydrogens is 244 g/mol. The summed E-state index contributed by atoms with van der Waals surface area (Å²) >= 11 is 0. The van der Waals surface area contributed by atoms with Crippen LogP contribution in [0.2, 0.25) is 0 Å². The van der Waals surface area contributed by atoms with Gasteiger partial charge >= 0.3 is 0 Å². The standard InChI is InChI=1S/C19H26O/c1-4-14-19(2,3)15-16-10-12-18(13-11-16)20-17-8-6-5-7-9-17/h6,8-13H,4-5,7,14-15H2,1-3H3. The van der Waals surface area contributed by atoms with Crippen molar-refractivity contribution in [1.29, 1.82) is 0 Å². The molecule has 0 heterocycles. The maximum absolute atomic E-state index is 5.86. The topological polar surface area (TPSA) is 9.23 Å². The highest BCUT2D eigenvalue weighted by Crippen LogP contribution is 2.28. The highest BCUT2D eigenvalue weighted by molar-refractivity contribution is 5.31. The molecule has 2 rings (SSSR count). The smallest absolute Gasteiger partial charge is 0.127 e. The first kappa shape index (κ1) is 14.9. The summed E-state index contributed by atoms with van der Waals surface area (Å²) in [5, 5.41) is 0. The molecule has 1 aromatic carbocycles. The molecule has 0 amide bonds. The van der Waals surface area contributed by atoms with Gasteiger partial charge in [0.15, 0.2) is 0 Å². The number of benzene rings is 1. The lowest BCUT2D eigenvalue weighted by Crippen LogP contribution is -2.14. The second kappa shape index (κ2) is 6.78. The molecule has 0 bridgehead atoms. The van der Waals surface area contributed by atoms with E-state index in [-0.39, 0.29) is 0 Å². The summed E-state index contributed by atoms with van der Waals surface area (Å²) in [6.45, 7) is 6.95. The van der Waals surface area contributed by atoms with Gasteiger partial charge in [0.25, 0.3) is 0 Å². The van der Waals surface area contributed by atoms with Gasteiger partial charge in [0.1, 0.15) is 11.5 Å². The van der Waals surface area contributed by atoms with Gasteiger partial charge < -0.3 is 4.74 Å². The Balaban J connectivity index is 1.96. The summed E-state index contributed by atoms with van der Waals surface area (Å²) in [4.78, 5) is 0. The minimum Gasteiger partial charge on any atom is -0.458 e. The van der Waals surface area contributed by atoms with Gasteiger partial charge in [0.2, 0.25) is 0 Å². The van der Waals surface area contributed by atoms with Crippen molar-refractivity contribution >= 4 is 0 Å². The van der Waals surface area contributed by atoms with Gasteiger partial charge in [-0.05, 0) is 60.9 Å². The Morgan fingerprint density at radius 1 is 1.10 bits per heavy atom. The Kier molecular flexibility index (Phi) is 5.05. The van der Waals surface area contributed by atoms with Crippen LogP contribution in [0.25, 0.3) is 0 Å². The van der Waals surface area contributed by atoms with Crippen LogP contribution in [0.4, 0.5) is 0 Å². The van der Waals surface area contributed by atoms with Crippen molar-refractivity contribution < 1.29 is 4.74 Å². The first-order valence-corrected chi connectivity index (χ1v) is 7.72. The zero-order valence-electron chi connectivity index (χ0n) is 13.0. The molecule has 0 atom stereocenters. The molecule has 20 heavy (non-hydrogen) atoms. The van der Waals surface area contributed by atoms with Crippen LogP contribution in [0.3, 0.4) is 0 Å². The second-order valence-corrected chi connectivity index (χ2v) is 6.42. The van der Waals surface area contributed by atoms with E-state index >= 15 is 0 Å². The van der Waals surface area contributed by atoms with Crippen molar-refractivity contribution in [1.82, 2.24) is 0 Å². The van der Waals surface area contributed by atoms with E-state index in [1.165, 1.54) is 18.4 Å². The van der Waals surface area contributed by atoms with E-state index in [1.54, 1.807) is 0 Å². The minimum absolute atomic E-state index is 0.381. The van der Waals surface area contributed by atoms with E-state index in [1.807, 2.05) is 0 Å². The highest BCUT2D eigenvalue weighted by Gasteiger charge is 2.17. The van der Waals surface area contributed by atoms with Crippen molar-refractivity contribution in [2.24, 2.45) is 5.41 Å². The van der Waals surface area contributed by atoms with Crippen LogP contribution in [0.1, 0.15) is 52.0 Å². The van der Waals surface area contributed by atoms with Crippen LogP contribution in [0.5, 0.6) is 5.75 Å². The average Bonchev–Trinajstić information content (AvgIpc) is 2.42. The van der Waals surface area contributed by atoms with E-state index in [2.05, 4.69) is 63.3 Å². The normalized spacial score (nSPS) is 15.1. The molecule has 1 aliphatic carbocycles. The highest BCUT2D eigenvalue weighted by atomic mass is 16.5. The fourth-order valence-corrected chi connectivity index (χ4v) is 2.79. The molecule has 0 unspecified atom stereocenters. The van der Waals surface area contributed by atoms with Gasteiger partial charge in [-0.25, -0.2) is 0 Å². The third-order valence-electron chi connectivity index (χ3n) is 3.73. The second-order valence-electron chi connectivity index (χ2n) is 6.42. The van der Waals surface area contributed by atoms with Crippen molar-refractivity contribution in [3.8, 4) is 5.75 Å². The minimum atomic E-state index is 0.381. The van der Waals surface area contributed by atoms with Gasteiger partial charge in [0, 0.05) is 0 Å². The molecular formula is C19H26O. The van der Waals surface area contributed by atoms with Crippen LogP contribution in [-0.2, 0) is 6.42 Å². The van der Waals surface area contributed by atoms with Crippen molar-refractivity contribution in [3.05, 3.63) is 53.8 Å². The van der Waals surface area contributed by atoms with E-state index < -0.39 is 0 Å². The van der Waals surface area contributed by atoms with Crippen LogP contribution in [-0.4, -0.2) is 0 Å². The molecule has 0 aromatic heterocycles. The number of hydrogen-bond donors (Lipinski definition) is 0.